The molecule has 3 aromatic heterocycles. The Morgan fingerprint density at radius 3 is 1.64 bits per heavy atom. The molecule has 234 valence electrons. The zero-order valence-electron chi connectivity index (χ0n) is 26.9. The predicted molar refractivity (Wildman–Crippen MR) is 209 cm³/mol. The first-order valence-electron chi connectivity index (χ1n) is 16.7. The minimum absolute atomic E-state index is 0.639. The van der Waals surface area contributed by atoms with Crippen molar-refractivity contribution in [3.8, 4) is 51.0 Å². The average Bonchev–Trinajstić information content (AvgIpc) is 3.74. The van der Waals surface area contributed by atoms with Gasteiger partial charge in [-0.05, 0) is 59.7 Å². The van der Waals surface area contributed by atoms with Crippen LogP contribution in [0.3, 0.4) is 0 Å². The summed E-state index contributed by atoms with van der Waals surface area (Å²) in [6.45, 7) is 0. The van der Waals surface area contributed by atoms with Crippen LogP contribution < -0.4 is 0 Å². The number of thiophene rings is 1. The van der Waals surface area contributed by atoms with E-state index >= 15 is 0 Å². The Labute approximate surface area is 292 Å². The van der Waals surface area contributed by atoms with Gasteiger partial charge >= 0.3 is 0 Å². The monoisotopic (exact) mass is 656 g/mol. The third kappa shape index (κ3) is 4.63. The van der Waals surface area contributed by atoms with Gasteiger partial charge in [0.25, 0.3) is 0 Å². The van der Waals surface area contributed by atoms with Gasteiger partial charge in [-0.25, -0.2) is 15.0 Å². The summed E-state index contributed by atoms with van der Waals surface area (Å²) in [5.74, 6) is 1.95. The van der Waals surface area contributed by atoms with Crippen molar-refractivity contribution in [1.82, 2.24) is 19.5 Å². The Morgan fingerprint density at radius 2 is 0.900 bits per heavy atom. The van der Waals surface area contributed by atoms with E-state index in [-0.39, 0.29) is 0 Å². The SMILES string of the molecule is c1ccc(-c2ccccc2-c2nc(-c3ccc(-n4c5ccccc5c5ccccc54)cc3)nc(-c3cccc4c3sc3ccccc34)n2)cc1. The zero-order chi connectivity index (χ0) is 33.0. The molecule has 10 rings (SSSR count). The minimum Gasteiger partial charge on any atom is -0.309 e. The summed E-state index contributed by atoms with van der Waals surface area (Å²) in [6, 6.07) is 59.6. The summed E-state index contributed by atoms with van der Waals surface area (Å²) in [5, 5.41) is 4.95. The fourth-order valence-corrected chi connectivity index (χ4v) is 8.39. The van der Waals surface area contributed by atoms with Gasteiger partial charge in [-0.1, -0.05) is 121 Å². The Hall–Kier alpha value is -6.43. The maximum absolute atomic E-state index is 5.21. The van der Waals surface area contributed by atoms with E-state index in [4.69, 9.17) is 15.0 Å². The highest BCUT2D eigenvalue weighted by molar-refractivity contribution is 7.26. The topological polar surface area (TPSA) is 43.6 Å². The van der Waals surface area contributed by atoms with Crippen LogP contribution in [0.2, 0.25) is 0 Å². The van der Waals surface area contributed by atoms with Gasteiger partial charge in [0, 0.05) is 53.3 Å². The Balaban J connectivity index is 1.17. The first-order chi connectivity index (χ1) is 24.8. The van der Waals surface area contributed by atoms with E-state index in [1.165, 1.54) is 42.0 Å². The zero-order valence-corrected chi connectivity index (χ0v) is 27.7. The number of hydrogen-bond acceptors (Lipinski definition) is 4. The molecule has 0 fully saturated rings. The molecule has 0 amide bonds. The van der Waals surface area contributed by atoms with Gasteiger partial charge in [0.2, 0.25) is 0 Å². The van der Waals surface area contributed by atoms with Gasteiger partial charge in [-0.3, -0.25) is 0 Å². The van der Waals surface area contributed by atoms with Crippen molar-refractivity contribution >= 4 is 53.3 Å². The smallest absolute Gasteiger partial charge is 0.165 e. The predicted octanol–water partition coefficient (Wildman–Crippen LogP) is 12.0. The number of fused-ring (bicyclic) bond motifs is 6. The van der Waals surface area contributed by atoms with E-state index in [9.17, 15) is 0 Å². The summed E-state index contributed by atoms with van der Waals surface area (Å²) >= 11 is 1.79. The number of hydrogen-bond donors (Lipinski definition) is 0. The van der Waals surface area contributed by atoms with Gasteiger partial charge in [0.15, 0.2) is 17.5 Å². The van der Waals surface area contributed by atoms with Crippen LogP contribution in [0.4, 0.5) is 0 Å². The first kappa shape index (κ1) is 28.6. The molecule has 0 aliphatic carbocycles. The molecule has 0 radical (unpaired) electrons. The van der Waals surface area contributed by atoms with E-state index < -0.39 is 0 Å². The van der Waals surface area contributed by atoms with E-state index in [1.54, 1.807) is 11.3 Å². The van der Waals surface area contributed by atoms with Gasteiger partial charge < -0.3 is 4.57 Å². The highest BCUT2D eigenvalue weighted by Crippen LogP contribution is 2.40. The standard InChI is InChI=1S/C45H28N4S/c1-2-13-29(14-3-1)32-15-4-5-19-37(32)44-46-43(47-45(48-44)38-21-12-20-36-35-18-8-11-24-41(35)50-42(36)38)30-25-27-31(28-26-30)49-39-22-9-6-16-33(39)34-17-7-10-23-40(34)49/h1-28H. The highest BCUT2D eigenvalue weighted by Gasteiger charge is 2.19. The molecule has 0 atom stereocenters. The highest BCUT2D eigenvalue weighted by atomic mass is 32.1. The Kier molecular flexibility index (Phi) is 6.64. The average molecular weight is 657 g/mol. The molecule has 0 spiro atoms. The molecular weight excluding hydrogens is 629 g/mol. The fourth-order valence-electron chi connectivity index (χ4n) is 7.18. The van der Waals surface area contributed by atoms with Crippen LogP contribution in [-0.4, -0.2) is 19.5 Å². The normalized spacial score (nSPS) is 11.6. The summed E-state index contributed by atoms with van der Waals surface area (Å²) in [5.41, 5.74) is 8.55. The second kappa shape index (κ2) is 11.6. The fraction of sp³-hybridized carbons (Fsp3) is 0. The minimum atomic E-state index is 0.639. The van der Waals surface area contributed by atoms with Gasteiger partial charge in [0.05, 0.1) is 11.0 Å². The van der Waals surface area contributed by atoms with Crippen molar-refractivity contribution in [2.24, 2.45) is 0 Å². The summed E-state index contributed by atoms with van der Waals surface area (Å²) < 4.78 is 4.76. The Bertz CT molecular complexity index is 2810. The lowest BCUT2D eigenvalue weighted by Gasteiger charge is -2.13. The maximum atomic E-state index is 5.21. The van der Waals surface area contributed by atoms with Crippen molar-refractivity contribution in [3.05, 3.63) is 170 Å². The van der Waals surface area contributed by atoms with Crippen molar-refractivity contribution in [3.63, 3.8) is 0 Å². The molecule has 5 heteroatoms. The van der Waals surface area contributed by atoms with Crippen molar-refractivity contribution in [1.29, 1.82) is 0 Å². The molecule has 0 unspecified atom stereocenters. The second-order valence-electron chi connectivity index (χ2n) is 12.4. The third-order valence-electron chi connectivity index (χ3n) is 9.50. The van der Waals surface area contributed by atoms with Crippen LogP contribution in [0.15, 0.2) is 170 Å². The largest absolute Gasteiger partial charge is 0.309 e. The van der Waals surface area contributed by atoms with E-state index in [2.05, 4.69) is 168 Å². The first-order valence-corrected chi connectivity index (χ1v) is 17.5. The van der Waals surface area contributed by atoms with Crippen molar-refractivity contribution in [2.45, 2.75) is 0 Å². The lowest BCUT2D eigenvalue weighted by atomic mass is 9.99. The molecule has 7 aromatic carbocycles. The molecule has 50 heavy (non-hydrogen) atoms. The van der Waals surface area contributed by atoms with Crippen LogP contribution >= 0.6 is 11.3 Å². The molecule has 0 saturated carbocycles. The molecule has 0 aliphatic heterocycles. The lowest BCUT2D eigenvalue weighted by molar-refractivity contribution is 1.08. The summed E-state index contributed by atoms with van der Waals surface area (Å²) in [7, 11) is 0. The third-order valence-corrected chi connectivity index (χ3v) is 10.7. The molecule has 4 nitrogen and oxygen atoms in total. The lowest BCUT2D eigenvalue weighted by Crippen LogP contribution is -2.01. The molecule has 3 heterocycles. The molecule has 0 N–H and O–H groups in total. The number of aromatic nitrogens is 4. The van der Waals surface area contributed by atoms with Crippen LogP contribution in [0.25, 0.3) is 93.0 Å². The van der Waals surface area contributed by atoms with E-state index in [0.717, 1.165) is 33.5 Å². The molecule has 10 aromatic rings. The molecule has 0 saturated heterocycles. The van der Waals surface area contributed by atoms with Crippen LogP contribution in [-0.2, 0) is 0 Å². The summed E-state index contributed by atoms with van der Waals surface area (Å²) in [6.07, 6.45) is 0. The van der Waals surface area contributed by atoms with Gasteiger partial charge in [-0.15, -0.1) is 11.3 Å². The van der Waals surface area contributed by atoms with E-state index in [1.807, 2.05) is 6.07 Å². The second-order valence-corrected chi connectivity index (χ2v) is 13.5. The molecule has 0 bridgehead atoms. The summed E-state index contributed by atoms with van der Waals surface area (Å²) in [4.78, 5) is 15.6. The van der Waals surface area contributed by atoms with E-state index in [0.29, 0.717) is 17.5 Å². The van der Waals surface area contributed by atoms with Crippen molar-refractivity contribution < 1.29 is 0 Å². The van der Waals surface area contributed by atoms with Crippen LogP contribution in [0, 0.1) is 0 Å². The number of rotatable bonds is 5. The molecular formula is C45H28N4S. The Morgan fingerprint density at radius 1 is 0.360 bits per heavy atom. The number of para-hydroxylation sites is 2. The number of nitrogens with zero attached hydrogens (tertiary/aromatic N) is 4. The number of benzene rings is 7. The van der Waals surface area contributed by atoms with Crippen molar-refractivity contribution in [2.75, 3.05) is 0 Å². The van der Waals surface area contributed by atoms with Gasteiger partial charge in [0.1, 0.15) is 0 Å². The quantitative estimate of drug-likeness (QED) is 0.185. The van der Waals surface area contributed by atoms with Crippen LogP contribution in [0.5, 0.6) is 0 Å². The molecule has 0 aliphatic rings. The van der Waals surface area contributed by atoms with Gasteiger partial charge in [-0.2, -0.15) is 0 Å². The maximum Gasteiger partial charge on any atom is 0.165 e. The van der Waals surface area contributed by atoms with Crippen LogP contribution in [0.1, 0.15) is 0 Å².